The average Bonchev–Trinajstić information content (AvgIpc) is 2.78. The Morgan fingerprint density at radius 1 is 0.966 bits per heavy atom. The Labute approximate surface area is 172 Å². The van der Waals surface area contributed by atoms with E-state index in [1.54, 1.807) is 36.4 Å². The van der Waals surface area contributed by atoms with Crippen LogP contribution in [0.2, 0.25) is 0 Å². The van der Waals surface area contributed by atoms with Gasteiger partial charge in [0.2, 0.25) is 9.84 Å². The van der Waals surface area contributed by atoms with Crippen molar-refractivity contribution in [1.29, 1.82) is 0 Å². The molecule has 0 spiro atoms. The number of sulfone groups is 1. The van der Waals surface area contributed by atoms with Crippen molar-refractivity contribution < 1.29 is 13.2 Å². The lowest BCUT2D eigenvalue weighted by molar-refractivity contribution is 0.166. The van der Waals surface area contributed by atoms with Crippen molar-refractivity contribution in [3.8, 4) is 5.75 Å². The molecule has 5 heteroatoms. The van der Waals surface area contributed by atoms with Crippen molar-refractivity contribution >= 4 is 9.84 Å². The lowest BCUT2D eigenvalue weighted by Gasteiger charge is -2.28. The molecule has 1 heterocycles. The van der Waals surface area contributed by atoms with Crippen LogP contribution in [0.3, 0.4) is 0 Å². The maximum absolute atomic E-state index is 12.9. The van der Waals surface area contributed by atoms with Crippen molar-refractivity contribution in [3.05, 3.63) is 90.0 Å². The number of benzene rings is 3. The molecule has 4 nitrogen and oxygen atoms in total. The van der Waals surface area contributed by atoms with Gasteiger partial charge >= 0.3 is 0 Å². The fourth-order valence-corrected chi connectivity index (χ4v) is 4.92. The van der Waals surface area contributed by atoms with E-state index in [9.17, 15) is 8.42 Å². The molecule has 0 amide bonds. The third kappa shape index (κ3) is 4.36. The van der Waals surface area contributed by atoms with Crippen molar-refractivity contribution in [2.45, 2.75) is 41.7 Å². The van der Waals surface area contributed by atoms with Crippen LogP contribution in [0, 0.1) is 0 Å². The standard InChI is InChI=1S/C24H25NO3S/c1-18(19-8-4-2-5-9-19)25-17-21-14-12-20-13-15-23(16-24(20)28-21)29(26,27)22-10-6-3-7-11-22/h2-11,13,15-16,18,21,25H,12,14,17H2,1H3. The van der Waals surface area contributed by atoms with Crippen LogP contribution < -0.4 is 10.1 Å². The Bertz CT molecular complexity index is 1070. The fourth-order valence-electron chi connectivity index (χ4n) is 3.62. The Kier molecular flexibility index (Phi) is 5.69. The first-order chi connectivity index (χ1) is 14.0. The molecule has 0 saturated heterocycles. The zero-order valence-electron chi connectivity index (χ0n) is 16.4. The summed E-state index contributed by atoms with van der Waals surface area (Å²) in [5.74, 6) is 0.674. The van der Waals surface area contributed by atoms with Gasteiger partial charge in [0.05, 0.1) is 9.79 Å². The first kappa shape index (κ1) is 19.7. The first-order valence-electron chi connectivity index (χ1n) is 9.92. The van der Waals surface area contributed by atoms with Crippen LogP contribution in [0.5, 0.6) is 5.75 Å². The second kappa shape index (κ2) is 8.39. The number of aryl methyl sites for hydroxylation is 1. The van der Waals surface area contributed by atoms with Gasteiger partial charge in [0, 0.05) is 12.6 Å². The third-order valence-corrected chi connectivity index (χ3v) is 7.15. The third-order valence-electron chi connectivity index (χ3n) is 5.38. The number of hydrogen-bond donors (Lipinski definition) is 1. The van der Waals surface area contributed by atoms with Crippen molar-refractivity contribution in [3.63, 3.8) is 0 Å². The minimum absolute atomic E-state index is 0.0170. The van der Waals surface area contributed by atoms with Gasteiger partial charge in [0.25, 0.3) is 0 Å². The van der Waals surface area contributed by atoms with E-state index >= 15 is 0 Å². The molecule has 0 radical (unpaired) electrons. The second-order valence-corrected chi connectivity index (χ2v) is 9.35. The van der Waals surface area contributed by atoms with E-state index in [4.69, 9.17) is 4.74 Å². The van der Waals surface area contributed by atoms with Gasteiger partial charge in [-0.15, -0.1) is 0 Å². The summed E-state index contributed by atoms with van der Waals surface area (Å²) in [5, 5.41) is 3.53. The van der Waals surface area contributed by atoms with Crippen LogP contribution in [0.15, 0.2) is 88.7 Å². The largest absolute Gasteiger partial charge is 0.489 e. The molecule has 0 saturated carbocycles. The second-order valence-electron chi connectivity index (χ2n) is 7.41. The Balaban J connectivity index is 1.47. The van der Waals surface area contributed by atoms with E-state index in [0.717, 1.165) is 18.4 Å². The zero-order chi connectivity index (χ0) is 20.3. The number of hydrogen-bond acceptors (Lipinski definition) is 4. The summed E-state index contributed by atoms with van der Waals surface area (Å²) in [5.41, 5.74) is 2.30. The highest BCUT2D eigenvalue weighted by Gasteiger charge is 2.24. The molecule has 150 valence electrons. The Hall–Kier alpha value is -2.63. The minimum atomic E-state index is -3.55. The number of fused-ring (bicyclic) bond motifs is 1. The summed E-state index contributed by atoms with van der Waals surface area (Å²) in [6.07, 6.45) is 1.81. The van der Waals surface area contributed by atoms with Crippen LogP contribution in [-0.4, -0.2) is 21.1 Å². The molecule has 0 fully saturated rings. The molecule has 3 aromatic carbocycles. The summed E-state index contributed by atoms with van der Waals surface area (Å²) in [6.45, 7) is 2.85. The van der Waals surface area contributed by atoms with E-state index in [0.29, 0.717) is 17.2 Å². The van der Waals surface area contributed by atoms with Crippen molar-refractivity contribution in [2.75, 3.05) is 6.54 Å². The highest BCUT2D eigenvalue weighted by atomic mass is 32.2. The predicted octanol–water partition coefficient (Wildman–Crippen LogP) is 4.56. The molecule has 29 heavy (non-hydrogen) atoms. The molecule has 2 atom stereocenters. The molecular weight excluding hydrogens is 382 g/mol. The number of nitrogens with one attached hydrogen (secondary N) is 1. The molecule has 1 aliphatic heterocycles. The highest BCUT2D eigenvalue weighted by molar-refractivity contribution is 7.91. The van der Waals surface area contributed by atoms with Gasteiger partial charge in [-0.1, -0.05) is 54.6 Å². The highest BCUT2D eigenvalue weighted by Crippen LogP contribution is 2.32. The van der Waals surface area contributed by atoms with Gasteiger partial charge in [-0.05, 0) is 55.2 Å². The molecule has 0 bridgehead atoms. The Morgan fingerprint density at radius 2 is 1.66 bits per heavy atom. The molecule has 2 unspecified atom stereocenters. The summed E-state index contributed by atoms with van der Waals surface area (Å²) in [6, 6.07) is 24.3. The van der Waals surface area contributed by atoms with Crippen LogP contribution in [0.4, 0.5) is 0 Å². The average molecular weight is 408 g/mol. The van der Waals surface area contributed by atoms with Gasteiger partial charge in [-0.3, -0.25) is 0 Å². The number of ether oxygens (including phenoxy) is 1. The van der Waals surface area contributed by atoms with Gasteiger partial charge < -0.3 is 10.1 Å². The Morgan fingerprint density at radius 3 is 2.38 bits per heavy atom. The van der Waals surface area contributed by atoms with Gasteiger partial charge in [-0.2, -0.15) is 0 Å². The first-order valence-corrected chi connectivity index (χ1v) is 11.4. The molecular formula is C24H25NO3S. The fraction of sp³-hybridized carbons (Fsp3) is 0.250. The minimum Gasteiger partial charge on any atom is -0.489 e. The summed E-state index contributed by atoms with van der Waals surface area (Å²) < 4.78 is 32.0. The van der Waals surface area contributed by atoms with E-state index in [2.05, 4.69) is 24.4 Å². The van der Waals surface area contributed by atoms with Crippen molar-refractivity contribution in [2.24, 2.45) is 0 Å². The number of rotatable bonds is 6. The summed E-state index contributed by atoms with van der Waals surface area (Å²) in [7, 11) is -3.55. The summed E-state index contributed by atoms with van der Waals surface area (Å²) >= 11 is 0. The molecule has 4 rings (SSSR count). The lowest BCUT2D eigenvalue weighted by Crippen LogP contribution is -2.35. The molecule has 1 aliphatic rings. The molecule has 0 aliphatic carbocycles. The predicted molar refractivity (Wildman–Crippen MR) is 114 cm³/mol. The van der Waals surface area contributed by atoms with Crippen LogP contribution >= 0.6 is 0 Å². The molecule has 3 aromatic rings. The molecule has 0 aromatic heterocycles. The van der Waals surface area contributed by atoms with Crippen LogP contribution in [-0.2, 0) is 16.3 Å². The van der Waals surface area contributed by atoms with E-state index in [-0.39, 0.29) is 17.0 Å². The maximum atomic E-state index is 12.9. The summed E-state index contributed by atoms with van der Waals surface area (Å²) in [4.78, 5) is 0.569. The van der Waals surface area contributed by atoms with Gasteiger partial charge in [0.15, 0.2) is 0 Å². The maximum Gasteiger partial charge on any atom is 0.206 e. The van der Waals surface area contributed by atoms with E-state index < -0.39 is 9.84 Å². The van der Waals surface area contributed by atoms with Gasteiger partial charge in [0.1, 0.15) is 11.9 Å². The zero-order valence-corrected chi connectivity index (χ0v) is 17.2. The van der Waals surface area contributed by atoms with Gasteiger partial charge in [-0.25, -0.2) is 8.42 Å². The SMILES string of the molecule is CC(NCC1CCc2ccc(S(=O)(=O)c3ccccc3)cc2O1)c1ccccc1. The monoisotopic (exact) mass is 407 g/mol. The van der Waals surface area contributed by atoms with Crippen molar-refractivity contribution in [1.82, 2.24) is 5.32 Å². The van der Waals surface area contributed by atoms with Crippen LogP contribution in [0.1, 0.15) is 30.5 Å². The van der Waals surface area contributed by atoms with Crippen LogP contribution in [0.25, 0.3) is 0 Å². The lowest BCUT2D eigenvalue weighted by atomic mass is 10.0. The topological polar surface area (TPSA) is 55.4 Å². The van der Waals surface area contributed by atoms with E-state index in [1.807, 2.05) is 30.3 Å². The van der Waals surface area contributed by atoms with E-state index in [1.165, 1.54) is 5.56 Å². The molecule has 1 N–H and O–H groups in total. The quantitative estimate of drug-likeness (QED) is 0.651. The normalized spacial score (nSPS) is 17.2. The smallest absolute Gasteiger partial charge is 0.206 e.